The minimum Gasteiger partial charge on any atom is -0.316 e. The van der Waals surface area contributed by atoms with Crippen LogP contribution >= 0.6 is 0 Å². The average molecular weight is 554 g/mol. The van der Waals surface area contributed by atoms with Gasteiger partial charge in [-0.2, -0.15) is 0 Å². The lowest BCUT2D eigenvalue weighted by Gasteiger charge is -2.21. The Morgan fingerprint density at radius 1 is 0.605 bits per heavy atom. The van der Waals surface area contributed by atoms with Crippen LogP contribution in [0.25, 0.3) is 49.7 Å². The number of para-hydroxylation sites is 2. The minimum absolute atomic E-state index is 0.163. The first-order chi connectivity index (χ1) is 21.3. The van der Waals surface area contributed by atoms with E-state index in [1.807, 2.05) is 17.3 Å². The van der Waals surface area contributed by atoms with Gasteiger partial charge in [0.2, 0.25) is 0 Å². The predicted molar refractivity (Wildman–Crippen MR) is 176 cm³/mol. The summed E-state index contributed by atoms with van der Waals surface area (Å²) in [6.07, 6.45) is 8.24. The third-order valence-electron chi connectivity index (χ3n) is 8.57. The molecule has 0 saturated carbocycles. The molecule has 0 bridgehead atoms. The molecule has 2 aliphatic heterocycles. The molecule has 0 radical (unpaired) electrons. The first-order valence-electron chi connectivity index (χ1n) is 14.6. The molecule has 0 spiro atoms. The Balaban J connectivity index is 1.15. The van der Waals surface area contributed by atoms with E-state index in [0.29, 0.717) is 0 Å². The molecule has 2 aliphatic rings. The molecule has 2 aromatic heterocycles. The van der Waals surface area contributed by atoms with Gasteiger partial charge in [0.15, 0.2) is 5.84 Å². The molecule has 5 nitrogen and oxygen atoms in total. The first-order valence-corrected chi connectivity index (χ1v) is 14.6. The summed E-state index contributed by atoms with van der Waals surface area (Å²) in [5.74, 6) is 0.940. The van der Waals surface area contributed by atoms with Crippen molar-refractivity contribution in [1.82, 2.24) is 19.6 Å². The van der Waals surface area contributed by atoms with Gasteiger partial charge in [-0.05, 0) is 65.7 Å². The maximum absolute atomic E-state index is 5.11. The minimum atomic E-state index is -0.163. The van der Waals surface area contributed by atoms with Crippen molar-refractivity contribution in [3.8, 4) is 11.4 Å². The molecule has 5 aromatic carbocycles. The zero-order valence-corrected chi connectivity index (χ0v) is 23.3. The molecule has 1 unspecified atom stereocenters. The number of amidine groups is 1. The topological polar surface area (TPSA) is 37.5 Å². The lowest BCUT2D eigenvalue weighted by atomic mass is 10.0. The van der Waals surface area contributed by atoms with Gasteiger partial charge in [0, 0.05) is 45.5 Å². The molecular weight excluding hydrogens is 526 g/mol. The second-order valence-electron chi connectivity index (χ2n) is 11.0. The molecule has 1 N–H and O–H groups in total. The number of hydrogen-bond acceptors (Lipinski definition) is 3. The Hall–Kier alpha value is -5.65. The van der Waals surface area contributed by atoms with E-state index >= 15 is 0 Å². The van der Waals surface area contributed by atoms with Crippen LogP contribution in [0, 0.1) is 0 Å². The number of aliphatic imine (C=N–C) groups is 1. The van der Waals surface area contributed by atoms with E-state index in [1.54, 1.807) is 0 Å². The lowest BCUT2D eigenvalue weighted by Crippen LogP contribution is -2.34. The highest BCUT2D eigenvalue weighted by Crippen LogP contribution is 2.38. The van der Waals surface area contributed by atoms with Gasteiger partial charge in [0.1, 0.15) is 6.17 Å². The summed E-state index contributed by atoms with van der Waals surface area (Å²) in [6.45, 7) is 0. The Bertz CT molecular complexity index is 2250. The number of nitrogens with one attached hydrogen (secondary N) is 1. The Kier molecular flexibility index (Phi) is 5.27. The van der Waals surface area contributed by atoms with E-state index in [-0.39, 0.29) is 6.17 Å². The second kappa shape index (κ2) is 9.44. The third kappa shape index (κ3) is 3.72. The van der Waals surface area contributed by atoms with Gasteiger partial charge in [-0.1, -0.05) is 84.9 Å². The number of rotatable bonds is 4. The van der Waals surface area contributed by atoms with E-state index in [9.17, 15) is 0 Å². The van der Waals surface area contributed by atoms with Crippen molar-refractivity contribution in [2.75, 3.05) is 0 Å². The summed E-state index contributed by atoms with van der Waals surface area (Å²) < 4.78 is 4.68. The fourth-order valence-corrected chi connectivity index (χ4v) is 6.57. The zero-order chi connectivity index (χ0) is 28.3. The maximum atomic E-state index is 5.11. The van der Waals surface area contributed by atoms with Gasteiger partial charge in [-0.3, -0.25) is 5.01 Å². The van der Waals surface area contributed by atoms with Crippen LogP contribution in [0.15, 0.2) is 157 Å². The summed E-state index contributed by atoms with van der Waals surface area (Å²) in [6, 6.07) is 45.3. The highest BCUT2D eigenvalue weighted by Gasteiger charge is 2.29. The molecule has 7 aromatic rings. The van der Waals surface area contributed by atoms with Gasteiger partial charge in [0.05, 0.1) is 16.6 Å². The smallest absolute Gasteiger partial charge is 0.152 e. The average Bonchev–Trinajstić information content (AvgIpc) is 3.79. The Morgan fingerprint density at radius 3 is 2.21 bits per heavy atom. The SMILES string of the molecule is C1=CN2NC(c3ccc(-n4c5ccccc5c5ccc6c(ccn6-c6ccccc6)c54)cc3)N=C2C(c2ccccc2)=C1. The van der Waals surface area contributed by atoms with Crippen molar-refractivity contribution in [3.63, 3.8) is 0 Å². The van der Waals surface area contributed by atoms with Gasteiger partial charge in [-0.15, -0.1) is 0 Å². The van der Waals surface area contributed by atoms with Crippen molar-refractivity contribution in [1.29, 1.82) is 0 Å². The molecule has 1 atom stereocenters. The first kappa shape index (κ1) is 24.0. The van der Waals surface area contributed by atoms with Crippen LogP contribution < -0.4 is 5.43 Å². The summed E-state index contributed by atoms with van der Waals surface area (Å²) in [5.41, 5.74) is 12.9. The van der Waals surface area contributed by atoms with Crippen LogP contribution in [0.3, 0.4) is 0 Å². The van der Waals surface area contributed by atoms with Crippen molar-refractivity contribution in [3.05, 3.63) is 163 Å². The van der Waals surface area contributed by atoms with E-state index in [1.165, 1.54) is 32.7 Å². The molecule has 43 heavy (non-hydrogen) atoms. The number of fused-ring (bicyclic) bond motifs is 6. The van der Waals surface area contributed by atoms with Gasteiger partial charge >= 0.3 is 0 Å². The fraction of sp³-hybridized carbons (Fsp3) is 0.0263. The van der Waals surface area contributed by atoms with Crippen LogP contribution in [0.1, 0.15) is 17.3 Å². The van der Waals surface area contributed by atoms with Gasteiger partial charge in [-0.25, -0.2) is 10.4 Å². The number of nitrogens with zero attached hydrogens (tertiary/aromatic N) is 4. The monoisotopic (exact) mass is 553 g/mol. The van der Waals surface area contributed by atoms with Gasteiger partial charge in [0.25, 0.3) is 0 Å². The summed E-state index contributed by atoms with van der Waals surface area (Å²) in [7, 11) is 0. The summed E-state index contributed by atoms with van der Waals surface area (Å²) in [4.78, 5) is 5.11. The summed E-state index contributed by atoms with van der Waals surface area (Å²) in [5, 5.41) is 5.77. The van der Waals surface area contributed by atoms with Crippen LogP contribution in [-0.4, -0.2) is 20.0 Å². The molecule has 4 heterocycles. The Morgan fingerprint density at radius 2 is 1.37 bits per heavy atom. The normalized spacial score (nSPS) is 16.2. The molecule has 0 amide bonds. The number of hydrazine groups is 1. The van der Waals surface area contributed by atoms with Crippen molar-refractivity contribution in [2.45, 2.75) is 6.17 Å². The van der Waals surface area contributed by atoms with Crippen LogP contribution in [-0.2, 0) is 0 Å². The standard InChI is InChI=1S/C38H27N5/c1-3-10-26(11-4-1)30-15-9-24-42-38(30)39-37(40-42)27-17-19-29(20-18-27)43-35-16-8-7-14-31(35)32-21-22-34-33(36(32)43)23-25-41(34)28-12-5-2-6-13-28/h1-25,37,40H. The maximum Gasteiger partial charge on any atom is 0.152 e. The van der Waals surface area contributed by atoms with Gasteiger partial charge < -0.3 is 9.13 Å². The number of allylic oxidation sites excluding steroid dienone is 2. The van der Waals surface area contributed by atoms with E-state index in [2.05, 4.69) is 154 Å². The van der Waals surface area contributed by atoms with E-state index in [0.717, 1.165) is 33.9 Å². The molecule has 5 heteroatoms. The largest absolute Gasteiger partial charge is 0.316 e. The Labute approximate surface area is 248 Å². The molecule has 0 fully saturated rings. The summed E-state index contributed by atoms with van der Waals surface area (Å²) >= 11 is 0. The number of benzene rings is 5. The molecule has 0 aliphatic carbocycles. The zero-order valence-electron chi connectivity index (χ0n) is 23.3. The van der Waals surface area contributed by atoms with E-state index in [4.69, 9.17) is 4.99 Å². The van der Waals surface area contributed by atoms with E-state index < -0.39 is 0 Å². The molecule has 204 valence electrons. The van der Waals surface area contributed by atoms with Crippen LogP contribution in [0.4, 0.5) is 0 Å². The highest BCUT2D eigenvalue weighted by molar-refractivity contribution is 6.24. The molecule has 9 rings (SSSR count). The predicted octanol–water partition coefficient (Wildman–Crippen LogP) is 8.56. The second-order valence-corrected chi connectivity index (χ2v) is 11.0. The van der Waals surface area contributed by atoms with Crippen LogP contribution in [0.5, 0.6) is 0 Å². The van der Waals surface area contributed by atoms with Crippen molar-refractivity contribution in [2.24, 2.45) is 4.99 Å². The number of hydrogen-bond donors (Lipinski definition) is 1. The quantitative estimate of drug-likeness (QED) is 0.237. The van der Waals surface area contributed by atoms with Crippen LogP contribution in [0.2, 0.25) is 0 Å². The molecule has 0 saturated heterocycles. The molecular formula is C38H27N5. The van der Waals surface area contributed by atoms with Crippen molar-refractivity contribution < 1.29 is 0 Å². The third-order valence-corrected chi connectivity index (χ3v) is 8.57. The fourth-order valence-electron chi connectivity index (χ4n) is 6.57. The number of aromatic nitrogens is 2. The van der Waals surface area contributed by atoms with Crippen molar-refractivity contribution >= 4 is 44.1 Å². The highest BCUT2D eigenvalue weighted by atomic mass is 15.6. The lowest BCUT2D eigenvalue weighted by molar-refractivity contribution is 0.387.